The fraction of sp³-hybridized carbons (Fsp3) is 0.696. The van der Waals surface area contributed by atoms with Crippen molar-refractivity contribution in [3.05, 3.63) is 23.4 Å². The molecule has 1 atom stereocenters. The molecule has 190 valence electrons. The molecule has 11 heteroatoms. The molecule has 1 fully saturated rings. The summed E-state index contributed by atoms with van der Waals surface area (Å²) in [6.07, 6.45) is -0.517. The smallest absolute Gasteiger partial charge is 0.427 e. The molecule has 0 radical (unpaired) electrons. The Morgan fingerprint density at radius 2 is 2.03 bits per heavy atom. The van der Waals surface area contributed by atoms with Crippen LogP contribution in [0.4, 0.5) is 23.8 Å². The number of aromatic nitrogens is 1. The fourth-order valence-electron chi connectivity index (χ4n) is 3.98. The normalized spacial score (nSPS) is 21.0. The molecule has 1 aliphatic heterocycles. The van der Waals surface area contributed by atoms with E-state index in [4.69, 9.17) is 9.72 Å². The summed E-state index contributed by atoms with van der Waals surface area (Å²) in [7, 11) is 0. The van der Waals surface area contributed by atoms with E-state index in [9.17, 15) is 27.9 Å². The number of hydrogen-bond acceptors (Lipinski definition) is 6. The lowest BCUT2D eigenvalue weighted by molar-refractivity contribution is -0.244. The molecule has 2 heterocycles. The number of carbonyl (C=O) groups is 2. The Labute approximate surface area is 196 Å². The van der Waals surface area contributed by atoms with Crippen molar-refractivity contribution in [1.82, 2.24) is 10.3 Å². The molecule has 1 saturated carbocycles. The highest BCUT2D eigenvalue weighted by molar-refractivity contribution is 5.80. The van der Waals surface area contributed by atoms with Gasteiger partial charge in [-0.1, -0.05) is 6.07 Å². The van der Waals surface area contributed by atoms with E-state index in [1.807, 2.05) is 5.32 Å². The summed E-state index contributed by atoms with van der Waals surface area (Å²) >= 11 is 0. The monoisotopic (exact) mass is 487 g/mol. The standard InChI is InChI=1S/C23H32F3N3O5/c1-22(2,23(24,25)26)34-21(32)29-18(20(30)31)9-11-33-17-12-14(13-17)5-7-16-8-6-15-4-3-10-27-19(15)28-16/h6,8,14,17-18H,3-5,7,9-13H2,1-2H3,(H,27,28)(H,29,32)(H,30,31)/t14-,17-,18?. The molecular weight excluding hydrogens is 455 g/mol. The third-order valence-electron chi connectivity index (χ3n) is 6.33. The van der Waals surface area contributed by atoms with Crippen LogP contribution >= 0.6 is 0 Å². The summed E-state index contributed by atoms with van der Waals surface area (Å²) in [6, 6.07) is 2.82. The second-order valence-electron chi connectivity index (χ2n) is 9.43. The van der Waals surface area contributed by atoms with Crippen molar-refractivity contribution < 1.29 is 37.3 Å². The third kappa shape index (κ3) is 6.97. The molecule has 1 amide bonds. The van der Waals surface area contributed by atoms with E-state index in [0.29, 0.717) is 19.8 Å². The zero-order valence-corrected chi connectivity index (χ0v) is 19.4. The van der Waals surface area contributed by atoms with Crippen LogP contribution in [0.15, 0.2) is 12.1 Å². The number of carboxylic acids is 1. The first-order chi connectivity index (χ1) is 15.9. The summed E-state index contributed by atoms with van der Waals surface area (Å²) in [5.74, 6) is 0.124. The van der Waals surface area contributed by atoms with Gasteiger partial charge in [0.1, 0.15) is 11.9 Å². The van der Waals surface area contributed by atoms with Gasteiger partial charge >= 0.3 is 18.2 Å². The number of pyridine rings is 1. The Morgan fingerprint density at radius 1 is 1.29 bits per heavy atom. The van der Waals surface area contributed by atoms with Crippen molar-refractivity contribution in [2.24, 2.45) is 5.92 Å². The number of anilines is 1. The number of aliphatic carboxylic acids is 1. The number of ether oxygens (including phenoxy) is 2. The number of alkyl carbamates (subject to hydrolysis) is 1. The molecule has 1 unspecified atom stereocenters. The minimum Gasteiger partial charge on any atom is -0.480 e. The van der Waals surface area contributed by atoms with Crippen LogP contribution in [0.1, 0.15) is 57.2 Å². The number of fused-ring (bicyclic) bond motifs is 1. The SMILES string of the molecule is CC(C)(OC(=O)NC(CCO[C@H]1C[C@H](CCc2ccc3c(n2)NCCC3)C1)C(=O)O)C(F)(F)F. The Morgan fingerprint density at radius 3 is 2.71 bits per heavy atom. The van der Waals surface area contributed by atoms with E-state index in [1.54, 1.807) is 0 Å². The lowest BCUT2D eigenvalue weighted by Crippen LogP contribution is -2.49. The van der Waals surface area contributed by atoms with Crippen LogP contribution in [0.2, 0.25) is 0 Å². The topological polar surface area (TPSA) is 110 Å². The van der Waals surface area contributed by atoms with Crippen LogP contribution < -0.4 is 10.6 Å². The Balaban J connectivity index is 1.33. The van der Waals surface area contributed by atoms with Gasteiger partial charge in [0, 0.05) is 25.3 Å². The number of amides is 1. The number of nitrogens with one attached hydrogen (secondary N) is 2. The van der Waals surface area contributed by atoms with Gasteiger partial charge < -0.3 is 25.2 Å². The van der Waals surface area contributed by atoms with Gasteiger partial charge in [0.05, 0.1) is 6.10 Å². The largest absolute Gasteiger partial charge is 0.480 e. The number of rotatable bonds is 10. The number of alkyl halides is 3. The van der Waals surface area contributed by atoms with E-state index in [0.717, 1.165) is 56.6 Å². The summed E-state index contributed by atoms with van der Waals surface area (Å²) in [5.41, 5.74) is -0.407. The lowest BCUT2D eigenvalue weighted by Gasteiger charge is -2.35. The van der Waals surface area contributed by atoms with Crippen LogP contribution in [-0.2, 0) is 27.1 Å². The number of carboxylic acid groups (broad SMARTS) is 1. The molecule has 8 nitrogen and oxygen atoms in total. The summed E-state index contributed by atoms with van der Waals surface area (Å²) in [5, 5.41) is 14.6. The molecule has 1 aromatic rings. The van der Waals surface area contributed by atoms with Crippen molar-refractivity contribution >= 4 is 17.9 Å². The fourth-order valence-corrected chi connectivity index (χ4v) is 3.98. The minimum atomic E-state index is -4.78. The van der Waals surface area contributed by atoms with E-state index in [1.165, 1.54) is 5.56 Å². The molecule has 0 bridgehead atoms. The molecule has 0 saturated heterocycles. The van der Waals surface area contributed by atoms with Gasteiger partial charge in [-0.15, -0.1) is 0 Å². The number of aryl methyl sites for hydroxylation is 2. The van der Waals surface area contributed by atoms with Crippen molar-refractivity contribution in [1.29, 1.82) is 0 Å². The third-order valence-corrected chi connectivity index (χ3v) is 6.33. The molecular formula is C23H32F3N3O5. The molecule has 2 aliphatic rings. The van der Waals surface area contributed by atoms with E-state index >= 15 is 0 Å². The van der Waals surface area contributed by atoms with Gasteiger partial charge in [-0.2, -0.15) is 13.2 Å². The molecule has 0 spiro atoms. The lowest BCUT2D eigenvalue weighted by atomic mass is 9.79. The zero-order valence-electron chi connectivity index (χ0n) is 19.4. The van der Waals surface area contributed by atoms with Crippen LogP contribution in [0, 0.1) is 5.92 Å². The van der Waals surface area contributed by atoms with Crippen molar-refractivity contribution in [2.45, 2.75) is 82.7 Å². The zero-order chi connectivity index (χ0) is 24.9. The average molecular weight is 488 g/mol. The summed E-state index contributed by atoms with van der Waals surface area (Å²) in [4.78, 5) is 27.8. The molecule has 3 N–H and O–H groups in total. The first kappa shape index (κ1) is 26.1. The van der Waals surface area contributed by atoms with Crippen molar-refractivity contribution in [3.8, 4) is 0 Å². The molecule has 3 rings (SSSR count). The molecule has 1 aromatic heterocycles. The second kappa shape index (κ2) is 10.8. The predicted octanol–water partition coefficient (Wildman–Crippen LogP) is 4.08. The Bertz CT molecular complexity index is 872. The van der Waals surface area contributed by atoms with Gasteiger partial charge in [-0.3, -0.25) is 0 Å². The average Bonchev–Trinajstić information content (AvgIpc) is 2.72. The predicted molar refractivity (Wildman–Crippen MR) is 118 cm³/mol. The van der Waals surface area contributed by atoms with Gasteiger partial charge in [0.15, 0.2) is 0 Å². The number of carbonyl (C=O) groups excluding carboxylic acids is 1. The maximum absolute atomic E-state index is 12.8. The number of nitrogens with zero attached hydrogens (tertiary/aromatic N) is 1. The van der Waals surface area contributed by atoms with E-state index in [-0.39, 0.29) is 19.1 Å². The summed E-state index contributed by atoms with van der Waals surface area (Å²) in [6.45, 7) is 2.40. The van der Waals surface area contributed by atoms with Gasteiger partial charge in [-0.05, 0) is 69.9 Å². The van der Waals surface area contributed by atoms with E-state index in [2.05, 4.69) is 22.2 Å². The number of halogens is 3. The molecule has 34 heavy (non-hydrogen) atoms. The minimum absolute atomic E-state index is 0.00807. The summed E-state index contributed by atoms with van der Waals surface area (Å²) < 4.78 is 48.5. The quantitative estimate of drug-likeness (QED) is 0.456. The number of hydrogen-bond donors (Lipinski definition) is 3. The highest BCUT2D eigenvalue weighted by atomic mass is 19.4. The first-order valence-electron chi connectivity index (χ1n) is 11.6. The van der Waals surface area contributed by atoms with Crippen LogP contribution in [-0.4, -0.2) is 59.2 Å². The van der Waals surface area contributed by atoms with Crippen LogP contribution in [0.25, 0.3) is 0 Å². The highest BCUT2D eigenvalue weighted by Gasteiger charge is 2.51. The van der Waals surface area contributed by atoms with Crippen LogP contribution in [0.3, 0.4) is 0 Å². The highest BCUT2D eigenvalue weighted by Crippen LogP contribution is 2.34. The first-order valence-corrected chi connectivity index (χ1v) is 11.6. The van der Waals surface area contributed by atoms with Crippen LogP contribution in [0.5, 0.6) is 0 Å². The molecule has 0 aromatic carbocycles. The van der Waals surface area contributed by atoms with Crippen molar-refractivity contribution in [3.63, 3.8) is 0 Å². The second-order valence-corrected chi connectivity index (χ2v) is 9.43. The van der Waals surface area contributed by atoms with Crippen molar-refractivity contribution in [2.75, 3.05) is 18.5 Å². The van der Waals surface area contributed by atoms with Gasteiger partial charge in [0.25, 0.3) is 0 Å². The maximum Gasteiger partial charge on any atom is 0.427 e. The van der Waals surface area contributed by atoms with Gasteiger partial charge in [-0.25, -0.2) is 14.6 Å². The molecule has 1 aliphatic carbocycles. The van der Waals surface area contributed by atoms with E-state index < -0.39 is 29.9 Å². The Hall–Kier alpha value is -2.56. The van der Waals surface area contributed by atoms with Gasteiger partial charge in [0.2, 0.25) is 5.60 Å². The maximum atomic E-state index is 12.8. The Kier molecular flexibility index (Phi) is 8.27.